The summed E-state index contributed by atoms with van der Waals surface area (Å²) in [5.41, 5.74) is 13.5. The lowest BCUT2D eigenvalue weighted by Crippen LogP contribution is -2.58. The number of furan rings is 1. The minimum Gasteiger partial charge on any atom is -0.448 e. The maximum absolute atomic E-state index is 11.6. The van der Waals surface area contributed by atoms with Gasteiger partial charge in [0.15, 0.2) is 5.58 Å². The molecule has 2 saturated carbocycles. The number of fused-ring (bicyclic) bond motifs is 1. The van der Waals surface area contributed by atoms with E-state index in [9.17, 15) is 8.42 Å². The van der Waals surface area contributed by atoms with Gasteiger partial charge in [0, 0.05) is 11.3 Å². The molecule has 5 N–H and O–H groups in total. The summed E-state index contributed by atoms with van der Waals surface area (Å²) in [6.45, 7) is 0.363. The van der Waals surface area contributed by atoms with Gasteiger partial charge < -0.3 is 20.3 Å². The number of benzene rings is 1. The van der Waals surface area contributed by atoms with Crippen molar-refractivity contribution in [2.24, 2.45) is 16.9 Å². The predicted molar refractivity (Wildman–Crippen MR) is 116 cm³/mol. The van der Waals surface area contributed by atoms with Crippen molar-refractivity contribution in [1.82, 2.24) is 10.3 Å². The Hall–Kier alpha value is -1.91. The summed E-state index contributed by atoms with van der Waals surface area (Å²) in [5, 5.41) is 3.92. The SMILES string of the molecule is CS(=O)(=O)c1ccc(CN[C@@]2(N)CCC3(CC(N)(c4nc5cc(Cl)ccc5o4)C3)C2)o1. The Morgan fingerprint density at radius 2 is 1.90 bits per heavy atom. The molecule has 166 valence electrons. The Morgan fingerprint density at radius 1 is 1.13 bits per heavy atom. The van der Waals surface area contributed by atoms with E-state index >= 15 is 0 Å². The molecule has 2 aliphatic carbocycles. The third kappa shape index (κ3) is 3.78. The van der Waals surface area contributed by atoms with E-state index < -0.39 is 21.0 Å². The highest BCUT2D eigenvalue weighted by Gasteiger charge is 2.60. The number of sulfone groups is 1. The van der Waals surface area contributed by atoms with Gasteiger partial charge in [-0.3, -0.25) is 5.32 Å². The molecule has 0 bridgehead atoms. The van der Waals surface area contributed by atoms with Crippen LogP contribution in [0, 0.1) is 5.41 Å². The van der Waals surface area contributed by atoms with Crippen LogP contribution in [0.15, 0.2) is 44.3 Å². The van der Waals surface area contributed by atoms with Gasteiger partial charge in [-0.05, 0) is 67.9 Å². The highest BCUT2D eigenvalue weighted by atomic mass is 35.5. The lowest BCUT2D eigenvalue weighted by molar-refractivity contribution is 0.00683. The van der Waals surface area contributed by atoms with Crippen LogP contribution in [0.5, 0.6) is 0 Å². The summed E-state index contributed by atoms with van der Waals surface area (Å²) in [4.78, 5) is 4.57. The Balaban J connectivity index is 1.24. The van der Waals surface area contributed by atoms with Crippen LogP contribution in [0.2, 0.25) is 5.02 Å². The number of rotatable bonds is 5. The Labute approximate surface area is 185 Å². The van der Waals surface area contributed by atoms with Crippen molar-refractivity contribution in [2.45, 2.75) is 54.9 Å². The largest absolute Gasteiger partial charge is 0.448 e. The topological polar surface area (TPSA) is 137 Å². The maximum atomic E-state index is 11.6. The molecule has 3 aromatic rings. The molecule has 5 rings (SSSR count). The molecule has 1 aromatic carbocycles. The van der Waals surface area contributed by atoms with Crippen LogP contribution in [-0.4, -0.2) is 25.3 Å². The van der Waals surface area contributed by atoms with Crippen LogP contribution in [0.4, 0.5) is 0 Å². The minimum atomic E-state index is -3.36. The number of hydrogen-bond acceptors (Lipinski definition) is 8. The third-order valence-corrected chi connectivity index (χ3v) is 7.75. The lowest BCUT2D eigenvalue weighted by atomic mass is 9.56. The number of nitrogens with one attached hydrogen (secondary N) is 1. The van der Waals surface area contributed by atoms with Crippen molar-refractivity contribution in [3.05, 3.63) is 47.0 Å². The smallest absolute Gasteiger partial charge is 0.217 e. The van der Waals surface area contributed by atoms with E-state index in [-0.39, 0.29) is 10.5 Å². The number of nitrogens with zero attached hydrogens (tertiary/aromatic N) is 1. The van der Waals surface area contributed by atoms with E-state index in [1.54, 1.807) is 24.3 Å². The first-order valence-corrected chi connectivity index (χ1v) is 12.4. The molecule has 0 unspecified atom stereocenters. The van der Waals surface area contributed by atoms with Gasteiger partial charge in [0.05, 0.1) is 17.7 Å². The van der Waals surface area contributed by atoms with Crippen molar-refractivity contribution < 1.29 is 17.3 Å². The highest BCUT2D eigenvalue weighted by molar-refractivity contribution is 7.90. The zero-order valence-corrected chi connectivity index (χ0v) is 18.7. The first-order valence-electron chi connectivity index (χ1n) is 10.2. The summed E-state index contributed by atoms with van der Waals surface area (Å²) < 4.78 is 34.5. The second-order valence-corrected chi connectivity index (χ2v) is 11.7. The van der Waals surface area contributed by atoms with Crippen molar-refractivity contribution in [1.29, 1.82) is 0 Å². The molecule has 2 aliphatic rings. The van der Waals surface area contributed by atoms with Crippen molar-refractivity contribution in [3.63, 3.8) is 0 Å². The van der Waals surface area contributed by atoms with Crippen LogP contribution in [0.25, 0.3) is 11.1 Å². The standard InChI is InChI=1S/C21H25ClN4O4S/c1-31(27,28)17-5-3-14(29-17)9-25-21(24)7-6-19(12-21)10-20(23,11-19)18-26-15-8-13(22)2-4-16(15)30-18/h2-5,8,25H,6-7,9-12,23-24H2,1H3/t19?,20?,21-/m0/s1. The Kier molecular flexibility index (Phi) is 4.59. The maximum Gasteiger partial charge on any atom is 0.217 e. The number of hydrogen-bond donors (Lipinski definition) is 3. The van der Waals surface area contributed by atoms with Crippen molar-refractivity contribution in [2.75, 3.05) is 6.26 Å². The molecule has 2 heterocycles. The highest BCUT2D eigenvalue weighted by Crippen LogP contribution is 2.62. The summed E-state index contributed by atoms with van der Waals surface area (Å²) >= 11 is 6.05. The normalized spacial score (nSPS) is 30.8. The fourth-order valence-electron chi connectivity index (χ4n) is 5.25. The van der Waals surface area contributed by atoms with Gasteiger partial charge in [-0.2, -0.15) is 0 Å². The number of nitrogens with two attached hydrogens (primary N) is 2. The van der Waals surface area contributed by atoms with Gasteiger partial charge in [-0.1, -0.05) is 11.6 Å². The summed E-state index contributed by atoms with van der Waals surface area (Å²) in [6, 6.07) is 8.48. The van der Waals surface area contributed by atoms with E-state index in [1.165, 1.54) is 6.07 Å². The van der Waals surface area contributed by atoms with Crippen LogP contribution < -0.4 is 16.8 Å². The Bertz CT molecular complexity index is 1260. The Morgan fingerprint density at radius 3 is 2.61 bits per heavy atom. The molecular weight excluding hydrogens is 440 g/mol. The van der Waals surface area contributed by atoms with Crippen LogP contribution in [-0.2, 0) is 21.9 Å². The molecule has 10 heteroatoms. The first kappa shape index (κ1) is 21.0. The van der Waals surface area contributed by atoms with E-state index in [0.29, 0.717) is 34.3 Å². The average molecular weight is 465 g/mol. The fourth-order valence-corrected chi connectivity index (χ4v) is 5.99. The van der Waals surface area contributed by atoms with E-state index in [2.05, 4.69) is 10.3 Å². The van der Waals surface area contributed by atoms with Gasteiger partial charge >= 0.3 is 0 Å². The lowest BCUT2D eigenvalue weighted by Gasteiger charge is -2.51. The zero-order chi connectivity index (χ0) is 22.1. The summed E-state index contributed by atoms with van der Waals surface area (Å²) in [6.07, 6.45) is 5.14. The molecule has 0 radical (unpaired) electrons. The number of aromatic nitrogens is 1. The molecule has 8 nitrogen and oxygen atoms in total. The number of halogens is 1. The summed E-state index contributed by atoms with van der Waals surface area (Å²) in [5.74, 6) is 1.08. The molecule has 0 aliphatic heterocycles. The van der Waals surface area contributed by atoms with Gasteiger partial charge in [-0.25, -0.2) is 13.4 Å². The molecule has 31 heavy (non-hydrogen) atoms. The van der Waals surface area contributed by atoms with Crippen LogP contribution in [0.1, 0.15) is 43.8 Å². The van der Waals surface area contributed by atoms with Crippen molar-refractivity contribution in [3.8, 4) is 0 Å². The van der Waals surface area contributed by atoms with Crippen molar-refractivity contribution >= 4 is 32.5 Å². The van der Waals surface area contributed by atoms with Crippen LogP contribution in [0.3, 0.4) is 0 Å². The van der Waals surface area contributed by atoms with E-state index in [0.717, 1.165) is 38.4 Å². The van der Waals surface area contributed by atoms with Gasteiger partial charge in [0.1, 0.15) is 11.3 Å². The predicted octanol–water partition coefficient (Wildman–Crippen LogP) is 3.04. The van der Waals surface area contributed by atoms with E-state index in [1.807, 2.05) is 0 Å². The monoisotopic (exact) mass is 464 g/mol. The molecule has 2 fully saturated rings. The minimum absolute atomic E-state index is 0.0372. The van der Waals surface area contributed by atoms with Gasteiger partial charge in [0.2, 0.25) is 20.8 Å². The first-order chi connectivity index (χ1) is 14.5. The molecule has 0 amide bonds. The number of oxazole rings is 1. The second kappa shape index (κ2) is 6.79. The molecule has 2 aromatic heterocycles. The summed E-state index contributed by atoms with van der Waals surface area (Å²) in [7, 11) is -3.36. The quantitative estimate of drug-likeness (QED) is 0.490. The van der Waals surface area contributed by atoms with Crippen LogP contribution >= 0.6 is 11.6 Å². The second-order valence-electron chi connectivity index (χ2n) is 9.32. The van der Waals surface area contributed by atoms with Gasteiger partial charge in [0.25, 0.3) is 0 Å². The fraction of sp³-hybridized carbons (Fsp3) is 0.476. The molecule has 1 spiro atoms. The van der Waals surface area contributed by atoms with Gasteiger partial charge in [-0.15, -0.1) is 0 Å². The molecule has 1 atom stereocenters. The third-order valence-electron chi connectivity index (χ3n) is 6.57. The van der Waals surface area contributed by atoms with E-state index in [4.69, 9.17) is 31.9 Å². The average Bonchev–Trinajstić information content (AvgIpc) is 3.36. The zero-order valence-electron chi connectivity index (χ0n) is 17.2. The molecule has 0 saturated heterocycles. The molecular formula is C21H25ClN4O4S.